The molecule has 14 rings (SSSR count). The lowest BCUT2D eigenvalue weighted by molar-refractivity contribution is 0.240. The molecular formula is C74H76N4. The lowest BCUT2D eigenvalue weighted by Gasteiger charge is -2.41. The molecular weight excluding hydrogens is 945 g/mol. The summed E-state index contributed by atoms with van der Waals surface area (Å²) < 4.78 is 0. The Balaban J connectivity index is 0.788. The highest BCUT2D eigenvalue weighted by atomic mass is 15.2. The highest BCUT2D eigenvalue weighted by molar-refractivity contribution is 5.90. The summed E-state index contributed by atoms with van der Waals surface area (Å²) in [7, 11) is 0. The number of nitrogens with zero attached hydrogens (tertiary/aromatic N) is 4. The molecule has 392 valence electrons. The molecule has 0 amide bonds. The highest BCUT2D eigenvalue weighted by Gasteiger charge is 2.44. The number of para-hydroxylation sites is 1. The monoisotopic (exact) mass is 1020 g/mol. The number of benzene rings is 3. The number of hydrogen-bond acceptors (Lipinski definition) is 4. The molecule has 11 aliphatic rings. The first-order chi connectivity index (χ1) is 38.5. The fourth-order valence-corrected chi connectivity index (χ4v) is 15.3. The number of anilines is 2. The molecule has 9 aliphatic carbocycles. The molecule has 2 heterocycles. The van der Waals surface area contributed by atoms with E-state index in [9.17, 15) is 0 Å². The van der Waals surface area contributed by atoms with E-state index in [4.69, 9.17) is 0 Å². The van der Waals surface area contributed by atoms with Gasteiger partial charge in [0.05, 0.1) is 18.1 Å². The van der Waals surface area contributed by atoms with Crippen LogP contribution in [0, 0.1) is 23.7 Å². The van der Waals surface area contributed by atoms with E-state index >= 15 is 0 Å². The van der Waals surface area contributed by atoms with Crippen LogP contribution in [-0.4, -0.2) is 40.0 Å². The predicted molar refractivity (Wildman–Crippen MR) is 327 cm³/mol. The Labute approximate surface area is 465 Å². The minimum absolute atomic E-state index is 0.194. The Morgan fingerprint density at radius 1 is 0.628 bits per heavy atom. The van der Waals surface area contributed by atoms with Gasteiger partial charge in [-0.15, -0.1) is 0 Å². The quantitative estimate of drug-likeness (QED) is 0.177. The Hall–Kier alpha value is -7.30. The third kappa shape index (κ3) is 9.03. The standard InChI is InChI=1S/C74H76N4/c1-51-32-34-55(35-33-51)57-20-16-25-62(48-57)75(63-44-46-73-68(49-63)66-26-12-14-29-71(66)77(73)58-21-8-4-9-22-58)60-40-36-53(37-41-60)54-38-42-61(43-39-54)76(70-31-17-28-65(52(70)2)56-18-6-3-7-19-56)64-45-47-74-69(50-64)67-27-13-15-30-72(67)78(74)59-23-10-5-11-24-59/h3-4,6-8,10,12-19,23,25-32,34-36,38-40,42-45,47-49,51-52,57-59,64-65,67,72-73H,5,9,11,20-22,24,33,37,41,46,50H2,1-2H3. The zero-order valence-electron chi connectivity index (χ0n) is 45.8. The van der Waals surface area contributed by atoms with Crippen molar-refractivity contribution in [2.75, 3.05) is 9.80 Å². The van der Waals surface area contributed by atoms with Crippen molar-refractivity contribution in [3.8, 4) is 0 Å². The van der Waals surface area contributed by atoms with Crippen LogP contribution in [0.2, 0.25) is 0 Å². The Kier molecular flexibility index (Phi) is 13.3. The van der Waals surface area contributed by atoms with Gasteiger partial charge in [0, 0.05) is 81.2 Å². The maximum Gasteiger partial charge on any atom is 0.0588 e. The van der Waals surface area contributed by atoms with Crippen LogP contribution >= 0.6 is 0 Å². The van der Waals surface area contributed by atoms with Crippen LogP contribution < -0.4 is 9.80 Å². The number of rotatable bonds is 11. The minimum atomic E-state index is 0.194. The maximum absolute atomic E-state index is 2.78. The van der Waals surface area contributed by atoms with Crippen LogP contribution in [0.4, 0.5) is 11.4 Å². The van der Waals surface area contributed by atoms with Crippen molar-refractivity contribution in [1.29, 1.82) is 0 Å². The van der Waals surface area contributed by atoms with Crippen molar-refractivity contribution in [1.82, 2.24) is 9.80 Å². The first kappa shape index (κ1) is 49.0. The molecule has 0 saturated heterocycles. The number of allylic oxidation sites excluding steroid dienone is 21. The van der Waals surface area contributed by atoms with Crippen LogP contribution in [0.5, 0.6) is 0 Å². The molecule has 0 saturated carbocycles. The van der Waals surface area contributed by atoms with Gasteiger partial charge >= 0.3 is 0 Å². The van der Waals surface area contributed by atoms with Gasteiger partial charge in [-0.05, 0) is 165 Å². The van der Waals surface area contributed by atoms with Gasteiger partial charge in [-0.3, -0.25) is 0 Å². The summed E-state index contributed by atoms with van der Waals surface area (Å²) in [6.45, 7) is 4.77. The van der Waals surface area contributed by atoms with Gasteiger partial charge in [0.15, 0.2) is 0 Å². The summed E-state index contributed by atoms with van der Waals surface area (Å²) in [6, 6.07) is 32.0. The van der Waals surface area contributed by atoms with Crippen LogP contribution in [0.3, 0.4) is 0 Å². The van der Waals surface area contributed by atoms with E-state index in [2.05, 4.69) is 252 Å². The van der Waals surface area contributed by atoms with Crippen molar-refractivity contribution in [2.24, 2.45) is 23.7 Å². The third-order valence-electron chi connectivity index (χ3n) is 19.3. The maximum atomic E-state index is 2.78. The number of hydrogen-bond donors (Lipinski definition) is 0. The van der Waals surface area contributed by atoms with Crippen LogP contribution in [-0.2, 0) is 0 Å². The smallest absolute Gasteiger partial charge is 0.0588 e. The van der Waals surface area contributed by atoms with E-state index in [-0.39, 0.29) is 6.04 Å². The zero-order chi connectivity index (χ0) is 52.1. The number of fused-ring (bicyclic) bond motifs is 5. The molecule has 0 radical (unpaired) electrons. The third-order valence-corrected chi connectivity index (χ3v) is 19.3. The summed E-state index contributed by atoms with van der Waals surface area (Å²) in [4.78, 5) is 10.9. The van der Waals surface area contributed by atoms with Gasteiger partial charge in [0.1, 0.15) is 0 Å². The van der Waals surface area contributed by atoms with Gasteiger partial charge in [-0.25, -0.2) is 0 Å². The molecule has 0 fully saturated rings. The Bertz CT molecular complexity index is 3350. The largest absolute Gasteiger partial charge is 0.360 e. The fourth-order valence-electron chi connectivity index (χ4n) is 15.3. The summed E-state index contributed by atoms with van der Waals surface area (Å²) in [6.07, 6.45) is 69.5. The van der Waals surface area contributed by atoms with Crippen molar-refractivity contribution >= 4 is 22.5 Å². The lowest BCUT2D eigenvalue weighted by atomic mass is 9.80. The molecule has 78 heavy (non-hydrogen) atoms. The van der Waals surface area contributed by atoms with E-state index < -0.39 is 0 Å². The second kappa shape index (κ2) is 21.2. The van der Waals surface area contributed by atoms with Crippen LogP contribution in [0.25, 0.3) is 11.1 Å². The summed E-state index contributed by atoms with van der Waals surface area (Å²) >= 11 is 0. The van der Waals surface area contributed by atoms with Crippen molar-refractivity contribution in [3.05, 3.63) is 275 Å². The molecule has 10 unspecified atom stereocenters. The van der Waals surface area contributed by atoms with E-state index in [1.165, 1.54) is 105 Å². The summed E-state index contributed by atoms with van der Waals surface area (Å²) in [5, 5.41) is 0. The summed E-state index contributed by atoms with van der Waals surface area (Å²) in [5.41, 5.74) is 19.6. The average molecular weight is 1020 g/mol. The molecule has 2 aliphatic heterocycles. The van der Waals surface area contributed by atoms with E-state index in [0.29, 0.717) is 53.8 Å². The summed E-state index contributed by atoms with van der Waals surface area (Å²) in [5.74, 6) is 1.98. The van der Waals surface area contributed by atoms with Gasteiger partial charge in [0.2, 0.25) is 0 Å². The normalized spacial score (nSPS) is 30.4. The fraction of sp³-hybridized carbons (Fsp3) is 0.324. The lowest BCUT2D eigenvalue weighted by Crippen LogP contribution is -2.41. The molecule has 10 atom stereocenters. The Morgan fingerprint density at radius 2 is 1.50 bits per heavy atom. The second-order valence-corrected chi connectivity index (χ2v) is 23.9. The van der Waals surface area contributed by atoms with Gasteiger partial charge in [0.25, 0.3) is 0 Å². The zero-order valence-corrected chi connectivity index (χ0v) is 45.8. The molecule has 0 bridgehead atoms. The van der Waals surface area contributed by atoms with Crippen molar-refractivity contribution < 1.29 is 0 Å². The average Bonchev–Trinajstić information content (AvgIpc) is 4.20. The molecule has 3 aromatic carbocycles. The molecule has 0 spiro atoms. The second-order valence-electron chi connectivity index (χ2n) is 23.9. The van der Waals surface area contributed by atoms with Crippen molar-refractivity contribution in [2.45, 2.75) is 127 Å². The highest BCUT2D eigenvalue weighted by Crippen LogP contribution is 2.51. The molecule has 3 aromatic rings. The van der Waals surface area contributed by atoms with E-state index in [1.54, 1.807) is 5.57 Å². The van der Waals surface area contributed by atoms with E-state index in [1.807, 2.05) is 0 Å². The Morgan fingerprint density at radius 3 is 2.32 bits per heavy atom. The minimum Gasteiger partial charge on any atom is -0.360 e. The van der Waals surface area contributed by atoms with Gasteiger partial charge < -0.3 is 19.6 Å². The van der Waals surface area contributed by atoms with E-state index in [0.717, 1.165) is 44.9 Å². The molecule has 4 nitrogen and oxygen atoms in total. The molecule has 0 aromatic heterocycles. The SMILES string of the molecule is CC1C=CC(C2C=C(N(C3=CCC4C(=C3)c3ccccc3N4C3CC=CCC3)C3=CC=C(c4ccc(N(C5=CC=CC(c6ccccc6)C5C)C5C=CC6=C(C5)C5C=CC=CC5N6C5C=CCCC5)cc4)CC3)C=CC2)=CC1. The van der Waals surface area contributed by atoms with Gasteiger partial charge in [-0.1, -0.05) is 184 Å². The first-order valence-electron chi connectivity index (χ1n) is 30.0. The van der Waals surface area contributed by atoms with Crippen molar-refractivity contribution in [3.63, 3.8) is 0 Å². The topological polar surface area (TPSA) is 13.0 Å². The first-order valence-corrected chi connectivity index (χ1v) is 30.0. The van der Waals surface area contributed by atoms with Crippen LogP contribution in [0.1, 0.15) is 114 Å². The molecule has 4 heteroatoms. The van der Waals surface area contributed by atoms with Crippen LogP contribution in [0.15, 0.2) is 258 Å². The predicted octanol–water partition coefficient (Wildman–Crippen LogP) is 17.5. The van der Waals surface area contributed by atoms with Gasteiger partial charge in [-0.2, -0.15) is 0 Å². The molecule has 0 N–H and O–H groups in total.